The van der Waals surface area contributed by atoms with Gasteiger partial charge in [0.2, 0.25) is 0 Å². The summed E-state index contributed by atoms with van der Waals surface area (Å²) in [7, 11) is 0. The maximum Gasteiger partial charge on any atom is 0.107 e. The molecule has 0 aliphatic heterocycles. The monoisotopic (exact) mass is 314 g/mol. The lowest BCUT2D eigenvalue weighted by atomic mass is 10.2. The van der Waals surface area contributed by atoms with E-state index in [1.54, 1.807) is 11.3 Å². The van der Waals surface area contributed by atoms with Gasteiger partial charge in [0, 0.05) is 29.1 Å². The molecule has 1 N–H and O–H groups in total. The van der Waals surface area contributed by atoms with Crippen LogP contribution in [0, 0.1) is 0 Å². The highest BCUT2D eigenvalue weighted by molar-refractivity contribution is 7.09. The van der Waals surface area contributed by atoms with Gasteiger partial charge in [-0.05, 0) is 11.6 Å². The quantitative estimate of drug-likeness (QED) is 0.735. The summed E-state index contributed by atoms with van der Waals surface area (Å²) in [6.07, 6.45) is 0. The highest BCUT2D eigenvalue weighted by Gasteiger charge is 2.04. The van der Waals surface area contributed by atoms with Crippen molar-refractivity contribution in [1.82, 2.24) is 10.3 Å². The fourth-order valence-electron chi connectivity index (χ4n) is 2.08. The lowest BCUT2D eigenvalue weighted by molar-refractivity contribution is 0.690. The molecule has 0 radical (unpaired) electrons. The van der Waals surface area contributed by atoms with Crippen LogP contribution in [-0.4, -0.2) is 4.98 Å². The minimum atomic E-state index is 0.750. The number of nitrogens with zero attached hydrogens (tertiary/aromatic N) is 1. The maximum absolute atomic E-state index is 6.14. The Hall–Kier alpha value is -1.68. The van der Waals surface area contributed by atoms with Gasteiger partial charge < -0.3 is 5.32 Å². The van der Waals surface area contributed by atoms with E-state index in [0.717, 1.165) is 39.9 Å². The third kappa shape index (κ3) is 3.70. The molecule has 0 spiro atoms. The topological polar surface area (TPSA) is 24.9 Å². The van der Waals surface area contributed by atoms with E-state index in [1.165, 1.54) is 0 Å². The Bertz CT molecular complexity index is 710. The second-order valence-electron chi connectivity index (χ2n) is 4.69. The maximum atomic E-state index is 6.14. The molecular weight excluding hydrogens is 300 g/mol. The Labute approximate surface area is 133 Å². The Balaban J connectivity index is 1.60. The SMILES string of the molecule is Clc1ccccc1CNCc1nc(-c2ccccc2)cs1. The highest BCUT2D eigenvalue weighted by Crippen LogP contribution is 2.21. The number of halogens is 1. The molecule has 1 aromatic heterocycles. The van der Waals surface area contributed by atoms with Crippen LogP contribution in [0.1, 0.15) is 10.6 Å². The number of nitrogens with one attached hydrogen (secondary N) is 1. The van der Waals surface area contributed by atoms with E-state index in [2.05, 4.69) is 27.8 Å². The lowest BCUT2D eigenvalue weighted by Gasteiger charge is -2.04. The smallest absolute Gasteiger partial charge is 0.107 e. The molecule has 2 nitrogen and oxygen atoms in total. The zero-order valence-electron chi connectivity index (χ0n) is 11.4. The van der Waals surface area contributed by atoms with Crippen LogP contribution in [0.4, 0.5) is 0 Å². The molecule has 4 heteroatoms. The average molecular weight is 315 g/mol. The van der Waals surface area contributed by atoms with Crippen LogP contribution in [0.5, 0.6) is 0 Å². The highest BCUT2D eigenvalue weighted by atomic mass is 35.5. The standard InChI is InChI=1S/C17H15ClN2S/c18-15-9-5-4-8-14(15)10-19-11-17-20-16(12-21-17)13-6-2-1-3-7-13/h1-9,12,19H,10-11H2. The summed E-state index contributed by atoms with van der Waals surface area (Å²) in [5.41, 5.74) is 3.31. The van der Waals surface area contributed by atoms with Crippen LogP contribution in [0.3, 0.4) is 0 Å². The third-order valence-corrected chi connectivity index (χ3v) is 4.39. The number of thiazole rings is 1. The van der Waals surface area contributed by atoms with Crippen molar-refractivity contribution in [3.05, 3.63) is 75.6 Å². The van der Waals surface area contributed by atoms with Crippen LogP contribution in [0.2, 0.25) is 5.02 Å². The molecule has 21 heavy (non-hydrogen) atoms. The van der Waals surface area contributed by atoms with Crippen molar-refractivity contribution in [2.75, 3.05) is 0 Å². The van der Waals surface area contributed by atoms with Crippen LogP contribution in [0.15, 0.2) is 60.0 Å². The third-order valence-electron chi connectivity index (χ3n) is 3.17. The van der Waals surface area contributed by atoms with Crippen molar-refractivity contribution in [2.45, 2.75) is 13.1 Å². The molecule has 0 unspecified atom stereocenters. The first-order valence-electron chi connectivity index (χ1n) is 6.77. The van der Waals surface area contributed by atoms with Gasteiger partial charge in [-0.15, -0.1) is 11.3 Å². The van der Waals surface area contributed by atoms with E-state index in [-0.39, 0.29) is 0 Å². The van der Waals surface area contributed by atoms with Gasteiger partial charge in [-0.25, -0.2) is 4.98 Å². The average Bonchev–Trinajstić information content (AvgIpc) is 2.99. The normalized spacial score (nSPS) is 10.7. The Morgan fingerprint density at radius 1 is 0.952 bits per heavy atom. The molecule has 0 saturated heterocycles. The van der Waals surface area contributed by atoms with Crippen LogP contribution in [-0.2, 0) is 13.1 Å². The number of benzene rings is 2. The summed E-state index contributed by atoms with van der Waals surface area (Å²) in [6, 6.07) is 18.1. The van der Waals surface area contributed by atoms with Gasteiger partial charge in [-0.3, -0.25) is 0 Å². The Morgan fingerprint density at radius 3 is 2.52 bits per heavy atom. The molecular formula is C17H15ClN2S. The molecule has 0 amide bonds. The zero-order chi connectivity index (χ0) is 14.5. The minimum absolute atomic E-state index is 0.750. The first-order valence-corrected chi connectivity index (χ1v) is 8.02. The summed E-state index contributed by atoms with van der Waals surface area (Å²) < 4.78 is 0. The zero-order valence-corrected chi connectivity index (χ0v) is 13.0. The van der Waals surface area contributed by atoms with Crippen molar-refractivity contribution in [2.24, 2.45) is 0 Å². The largest absolute Gasteiger partial charge is 0.306 e. The van der Waals surface area contributed by atoms with Crippen molar-refractivity contribution < 1.29 is 0 Å². The van der Waals surface area contributed by atoms with Gasteiger partial charge >= 0.3 is 0 Å². The number of hydrogen-bond acceptors (Lipinski definition) is 3. The van der Waals surface area contributed by atoms with Gasteiger partial charge in [0.1, 0.15) is 5.01 Å². The first kappa shape index (κ1) is 14.3. The molecule has 0 aliphatic carbocycles. The van der Waals surface area contributed by atoms with Crippen molar-refractivity contribution in [3.63, 3.8) is 0 Å². The van der Waals surface area contributed by atoms with E-state index in [0.29, 0.717) is 0 Å². The second-order valence-corrected chi connectivity index (χ2v) is 6.04. The first-order chi connectivity index (χ1) is 10.3. The minimum Gasteiger partial charge on any atom is -0.306 e. The molecule has 2 aromatic carbocycles. The van der Waals surface area contributed by atoms with Crippen molar-refractivity contribution in [1.29, 1.82) is 0 Å². The van der Waals surface area contributed by atoms with Crippen molar-refractivity contribution in [3.8, 4) is 11.3 Å². The molecule has 1 heterocycles. The fraction of sp³-hybridized carbons (Fsp3) is 0.118. The molecule has 3 rings (SSSR count). The van der Waals surface area contributed by atoms with E-state index < -0.39 is 0 Å². The molecule has 0 atom stereocenters. The molecule has 0 aliphatic rings. The van der Waals surface area contributed by atoms with Gasteiger partial charge in [-0.2, -0.15) is 0 Å². The molecule has 3 aromatic rings. The predicted molar refractivity (Wildman–Crippen MR) is 89.5 cm³/mol. The number of rotatable bonds is 5. The predicted octanol–water partition coefficient (Wildman–Crippen LogP) is 4.75. The summed E-state index contributed by atoms with van der Waals surface area (Å²) in [4.78, 5) is 4.66. The summed E-state index contributed by atoms with van der Waals surface area (Å²) in [5.74, 6) is 0. The van der Waals surface area contributed by atoms with Crippen LogP contribution < -0.4 is 5.32 Å². The van der Waals surface area contributed by atoms with Gasteiger partial charge in [0.15, 0.2) is 0 Å². The van der Waals surface area contributed by atoms with Crippen molar-refractivity contribution >= 4 is 22.9 Å². The van der Waals surface area contributed by atoms with E-state index in [1.807, 2.05) is 42.5 Å². The summed E-state index contributed by atoms with van der Waals surface area (Å²) >= 11 is 7.81. The Morgan fingerprint density at radius 2 is 1.71 bits per heavy atom. The van der Waals surface area contributed by atoms with E-state index in [9.17, 15) is 0 Å². The molecule has 0 bridgehead atoms. The molecule has 0 saturated carbocycles. The fourth-order valence-corrected chi connectivity index (χ4v) is 3.05. The lowest BCUT2D eigenvalue weighted by Crippen LogP contribution is -2.12. The molecule has 106 valence electrons. The number of hydrogen-bond donors (Lipinski definition) is 1. The van der Waals surface area contributed by atoms with Crippen LogP contribution >= 0.6 is 22.9 Å². The van der Waals surface area contributed by atoms with Gasteiger partial charge in [0.05, 0.1) is 5.69 Å². The summed E-state index contributed by atoms with van der Waals surface area (Å²) in [6.45, 7) is 1.50. The number of aromatic nitrogens is 1. The van der Waals surface area contributed by atoms with E-state index in [4.69, 9.17) is 11.6 Å². The van der Waals surface area contributed by atoms with Crippen LogP contribution in [0.25, 0.3) is 11.3 Å². The van der Waals surface area contributed by atoms with E-state index >= 15 is 0 Å². The summed E-state index contributed by atoms with van der Waals surface area (Å²) in [5, 5.41) is 7.37. The van der Waals surface area contributed by atoms with Gasteiger partial charge in [-0.1, -0.05) is 60.1 Å². The van der Waals surface area contributed by atoms with Gasteiger partial charge in [0.25, 0.3) is 0 Å². The molecule has 0 fully saturated rings. The Kier molecular flexibility index (Phi) is 4.65. The second kappa shape index (κ2) is 6.85.